The van der Waals surface area contributed by atoms with E-state index in [1.165, 1.54) is 18.5 Å². The molecule has 0 amide bonds. The van der Waals surface area contributed by atoms with Crippen molar-refractivity contribution in [3.05, 3.63) is 41.4 Å². The van der Waals surface area contributed by atoms with E-state index >= 15 is 0 Å². The van der Waals surface area contributed by atoms with Crippen molar-refractivity contribution in [2.24, 2.45) is 0 Å². The second-order valence-corrected chi connectivity index (χ2v) is 4.34. The molecule has 0 unspecified atom stereocenters. The Kier molecular flexibility index (Phi) is 3.55. The summed E-state index contributed by atoms with van der Waals surface area (Å²) >= 11 is 6.87. The van der Waals surface area contributed by atoms with Crippen LogP contribution in [0.5, 0.6) is 0 Å². The lowest BCUT2D eigenvalue weighted by Crippen LogP contribution is -2.00. The molecule has 0 aliphatic carbocycles. The van der Waals surface area contributed by atoms with Gasteiger partial charge in [0.25, 0.3) is 0 Å². The van der Waals surface area contributed by atoms with E-state index < -0.39 is 5.97 Å². The summed E-state index contributed by atoms with van der Waals surface area (Å²) in [6, 6.07) is 4.52. The highest BCUT2D eigenvalue weighted by molar-refractivity contribution is 7.99. The van der Waals surface area contributed by atoms with Crippen molar-refractivity contribution in [1.29, 1.82) is 0 Å². The highest BCUT2D eigenvalue weighted by atomic mass is 35.5. The topological polar surface area (TPSA) is 76.0 Å². The first-order chi connectivity index (χ1) is 8.16. The molecular weight excluding hydrogens is 262 g/mol. The van der Waals surface area contributed by atoms with Crippen LogP contribution in [0.3, 0.4) is 0 Å². The molecule has 0 atom stereocenters. The van der Waals surface area contributed by atoms with Gasteiger partial charge in [0.15, 0.2) is 0 Å². The van der Waals surface area contributed by atoms with E-state index in [1.54, 1.807) is 12.3 Å². The molecule has 2 rings (SSSR count). The standard InChI is InChI=1S/C10H6ClN3O2S/c11-7-2-1-6(10(15)16)9(14-7)17-8-3-4-12-5-13-8/h1-5H,(H,15,16). The molecule has 0 fully saturated rings. The van der Waals surface area contributed by atoms with Gasteiger partial charge in [0.05, 0.1) is 5.56 Å². The van der Waals surface area contributed by atoms with Crippen molar-refractivity contribution < 1.29 is 9.90 Å². The van der Waals surface area contributed by atoms with Gasteiger partial charge in [0, 0.05) is 6.20 Å². The zero-order chi connectivity index (χ0) is 12.3. The molecule has 0 aliphatic rings. The molecule has 1 N–H and O–H groups in total. The lowest BCUT2D eigenvalue weighted by Gasteiger charge is -2.04. The number of aromatic carboxylic acids is 1. The molecule has 0 aliphatic heterocycles. The van der Waals surface area contributed by atoms with Crippen molar-refractivity contribution in [3.63, 3.8) is 0 Å². The van der Waals surface area contributed by atoms with E-state index in [9.17, 15) is 4.79 Å². The van der Waals surface area contributed by atoms with Crippen molar-refractivity contribution >= 4 is 29.3 Å². The van der Waals surface area contributed by atoms with Crippen LogP contribution in [0.1, 0.15) is 10.4 Å². The lowest BCUT2D eigenvalue weighted by atomic mass is 10.3. The summed E-state index contributed by atoms with van der Waals surface area (Å²) in [6.07, 6.45) is 2.95. The number of carbonyl (C=O) groups is 1. The first kappa shape index (κ1) is 11.8. The molecule has 7 heteroatoms. The molecule has 0 saturated heterocycles. The molecule has 86 valence electrons. The molecule has 0 spiro atoms. The monoisotopic (exact) mass is 267 g/mol. The van der Waals surface area contributed by atoms with Crippen molar-refractivity contribution in [2.75, 3.05) is 0 Å². The minimum Gasteiger partial charge on any atom is -0.478 e. The Balaban J connectivity index is 2.37. The van der Waals surface area contributed by atoms with Crippen LogP contribution >= 0.6 is 23.4 Å². The van der Waals surface area contributed by atoms with Crippen molar-refractivity contribution in [3.8, 4) is 0 Å². The van der Waals surface area contributed by atoms with Gasteiger partial charge in [-0.3, -0.25) is 0 Å². The van der Waals surface area contributed by atoms with Crippen LogP contribution in [-0.2, 0) is 0 Å². The van der Waals surface area contributed by atoms with Gasteiger partial charge in [0.1, 0.15) is 21.5 Å². The normalized spacial score (nSPS) is 10.2. The second kappa shape index (κ2) is 5.11. The van der Waals surface area contributed by atoms with Gasteiger partial charge in [-0.05, 0) is 30.0 Å². The minimum atomic E-state index is -1.05. The Bertz CT molecular complexity index is 551. The van der Waals surface area contributed by atoms with Gasteiger partial charge in [0.2, 0.25) is 0 Å². The van der Waals surface area contributed by atoms with E-state index in [1.807, 2.05) is 0 Å². The molecule has 0 radical (unpaired) electrons. The lowest BCUT2D eigenvalue weighted by molar-refractivity contribution is 0.0692. The maximum absolute atomic E-state index is 11.0. The third-order valence-electron chi connectivity index (χ3n) is 1.81. The average molecular weight is 268 g/mol. The Morgan fingerprint density at radius 3 is 2.82 bits per heavy atom. The number of hydrogen-bond acceptors (Lipinski definition) is 5. The third kappa shape index (κ3) is 2.92. The molecule has 2 heterocycles. The SMILES string of the molecule is O=C(O)c1ccc(Cl)nc1Sc1ccncn1. The summed E-state index contributed by atoms with van der Waals surface area (Å²) in [4.78, 5) is 22.7. The average Bonchev–Trinajstić information content (AvgIpc) is 2.30. The minimum absolute atomic E-state index is 0.0954. The number of rotatable bonds is 3. The molecule has 2 aromatic heterocycles. The summed E-state index contributed by atoms with van der Waals surface area (Å²) in [6.45, 7) is 0. The summed E-state index contributed by atoms with van der Waals surface area (Å²) in [5, 5.41) is 10.2. The number of halogens is 1. The smallest absolute Gasteiger partial charge is 0.338 e. The number of aromatic nitrogens is 3. The molecular formula is C10H6ClN3O2S. The fraction of sp³-hybridized carbons (Fsp3) is 0. The fourth-order valence-corrected chi connectivity index (χ4v) is 2.13. The van der Waals surface area contributed by atoms with Gasteiger partial charge in [-0.1, -0.05) is 11.6 Å². The number of carboxylic acids is 1. The van der Waals surface area contributed by atoms with Gasteiger partial charge in [-0.25, -0.2) is 19.7 Å². The highest BCUT2D eigenvalue weighted by Crippen LogP contribution is 2.28. The molecule has 0 bridgehead atoms. The summed E-state index contributed by atoms with van der Waals surface area (Å²) in [5.41, 5.74) is 0.0954. The Hall–Kier alpha value is -1.66. The van der Waals surface area contributed by atoms with E-state index in [4.69, 9.17) is 16.7 Å². The summed E-state index contributed by atoms with van der Waals surface area (Å²) in [5.74, 6) is -1.05. The molecule has 0 aromatic carbocycles. The van der Waals surface area contributed by atoms with Crippen LogP contribution in [0, 0.1) is 0 Å². The molecule has 2 aromatic rings. The second-order valence-electron chi connectivity index (χ2n) is 2.94. The summed E-state index contributed by atoms with van der Waals surface area (Å²) < 4.78 is 0. The number of pyridine rings is 1. The zero-order valence-electron chi connectivity index (χ0n) is 8.37. The van der Waals surface area contributed by atoms with Crippen LogP contribution < -0.4 is 0 Å². The van der Waals surface area contributed by atoms with Crippen molar-refractivity contribution in [1.82, 2.24) is 15.0 Å². The van der Waals surface area contributed by atoms with E-state index in [0.29, 0.717) is 10.1 Å². The molecule has 17 heavy (non-hydrogen) atoms. The quantitative estimate of drug-likeness (QED) is 0.680. The van der Waals surface area contributed by atoms with Gasteiger partial charge in [-0.2, -0.15) is 0 Å². The first-order valence-electron chi connectivity index (χ1n) is 4.50. The van der Waals surface area contributed by atoms with Gasteiger partial charge in [-0.15, -0.1) is 0 Å². The maximum Gasteiger partial charge on any atom is 0.338 e. The largest absolute Gasteiger partial charge is 0.478 e. The molecule has 0 saturated carbocycles. The highest BCUT2D eigenvalue weighted by Gasteiger charge is 2.13. The van der Waals surface area contributed by atoms with Crippen LogP contribution in [0.15, 0.2) is 40.8 Å². The maximum atomic E-state index is 11.0. The van der Waals surface area contributed by atoms with Crippen LogP contribution in [0.4, 0.5) is 0 Å². The van der Waals surface area contributed by atoms with E-state index in [0.717, 1.165) is 11.8 Å². The Labute approximate surface area is 106 Å². The Morgan fingerprint density at radius 2 is 2.18 bits per heavy atom. The van der Waals surface area contributed by atoms with Crippen LogP contribution in [0.2, 0.25) is 5.15 Å². The van der Waals surface area contributed by atoms with Gasteiger partial charge < -0.3 is 5.11 Å². The number of nitrogens with zero attached hydrogens (tertiary/aromatic N) is 3. The third-order valence-corrected chi connectivity index (χ3v) is 2.98. The van der Waals surface area contributed by atoms with E-state index in [2.05, 4.69) is 15.0 Å². The fourth-order valence-electron chi connectivity index (χ4n) is 1.10. The molecule has 5 nitrogen and oxygen atoms in total. The number of hydrogen-bond donors (Lipinski definition) is 1. The first-order valence-corrected chi connectivity index (χ1v) is 5.70. The van der Waals surface area contributed by atoms with Crippen LogP contribution in [0.25, 0.3) is 0 Å². The van der Waals surface area contributed by atoms with E-state index in [-0.39, 0.29) is 10.7 Å². The Morgan fingerprint density at radius 1 is 1.35 bits per heavy atom. The predicted octanol–water partition coefficient (Wildman–Crippen LogP) is 2.37. The predicted molar refractivity (Wildman–Crippen MR) is 62.4 cm³/mol. The van der Waals surface area contributed by atoms with Crippen molar-refractivity contribution in [2.45, 2.75) is 10.1 Å². The van der Waals surface area contributed by atoms with Crippen LogP contribution in [-0.4, -0.2) is 26.0 Å². The summed E-state index contributed by atoms with van der Waals surface area (Å²) in [7, 11) is 0. The number of carboxylic acid groups (broad SMARTS) is 1. The zero-order valence-corrected chi connectivity index (χ0v) is 9.94. The van der Waals surface area contributed by atoms with Gasteiger partial charge >= 0.3 is 5.97 Å².